The standard InChI is InChI=1S/C13H17FO3S/c1-2-16-8-9-17-13(15)7-10-18-12-6-4-3-5-11(12)14/h3-6H,2,7-10H2,1H3. The lowest BCUT2D eigenvalue weighted by molar-refractivity contribution is -0.144. The molecule has 0 saturated heterocycles. The molecule has 1 aromatic rings. The Morgan fingerprint density at radius 2 is 2.11 bits per heavy atom. The van der Waals surface area contributed by atoms with Crippen molar-refractivity contribution in [3.05, 3.63) is 30.1 Å². The van der Waals surface area contributed by atoms with Crippen LogP contribution in [-0.4, -0.2) is 31.5 Å². The minimum atomic E-state index is -0.279. The molecule has 0 amide bonds. The number of thioether (sulfide) groups is 1. The Bertz CT molecular complexity index is 371. The molecule has 0 fully saturated rings. The Morgan fingerprint density at radius 1 is 1.33 bits per heavy atom. The molecule has 0 N–H and O–H groups in total. The molecule has 0 aliphatic heterocycles. The van der Waals surface area contributed by atoms with Gasteiger partial charge in [-0.15, -0.1) is 11.8 Å². The van der Waals surface area contributed by atoms with Crippen LogP contribution in [-0.2, 0) is 14.3 Å². The molecular weight excluding hydrogens is 255 g/mol. The Hall–Kier alpha value is -1.07. The molecule has 0 heterocycles. The maximum absolute atomic E-state index is 13.2. The van der Waals surface area contributed by atoms with Crippen molar-refractivity contribution in [1.82, 2.24) is 0 Å². The van der Waals surface area contributed by atoms with Crippen molar-refractivity contribution in [1.29, 1.82) is 0 Å². The molecule has 0 unspecified atom stereocenters. The van der Waals surface area contributed by atoms with E-state index in [0.29, 0.717) is 23.9 Å². The van der Waals surface area contributed by atoms with Crippen molar-refractivity contribution in [2.45, 2.75) is 18.2 Å². The van der Waals surface area contributed by atoms with Gasteiger partial charge < -0.3 is 9.47 Å². The summed E-state index contributed by atoms with van der Waals surface area (Å²) >= 11 is 1.31. The van der Waals surface area contributed by atoms with Crippen LogP contribution in [0, 0.1) is 5.82 Å². The van der Waals surface area contributed by atoms with Crippen LogP contribution in [0.15, 0.2) is 29.2 Å². The van der Waals surface area contributed by atoms with E-state index in [1.807, 2.05) is 6.92 Å². The number of hydrogen-bond donors (Lipinski definition) is 0. The fourth-order valence-electron chi connectivity index (χ4n) is 1.24. The lowest BCUT2D eigenvalue weighted by atomic mass is 10.3. The molecule has 0 aromatic heterocycles. The van der Waals surface area contributed by atoms with Crippen molar-refractivity contribution in [3.63, 3.8) is 0 Å². The minimum Gasteiger partial charge on any atom is -0.463 e. The quantitative estimate of drug-likeness (QED) is 0.414. The third-order valence-corrected chi connectivity index (χ3v) is 3.15. The molecule has 100 valence electrons. The van der Waals surface area contributed by atoms with Gasteiger partial charge >= 0.3 is 5.97 Å². The van der Waals surface area contributed by atoms with Gasteiger partial charge in [0, 0.05) is 17.3 Å². The van der Waals surface area contributed by atoms with Gasteiger partial charge in [-0.2, -0.15) is 0 Å². The zero-order chi connectivity index (χ0) is 13.2. The minimum absolute atomic E-state index is 0.257. The summed E-state index contributed by atoms with van der Waals surface area (Å²) in [6.07, 6.45) is 0.269. The molecule has 1 aromatic carbocycles. The second kappa shape index (κ2) is 8.94. The summed E-state index contributed by atoms with van der Waals surface area (Å²) in [5, 5.41) is 0. The molecule has 0 spiro atoms. The fourth-order valence-corrected chi connectivity index (χ4v) is 2.11. The number of carbonyl (C=O) groups excluding carboxylic acids is 1. The lowest BCUT2D eigenvalue weighted by Gasteiger charge is -2.05. The number of esters is 1. The van der Waals surface area contributed by atoms with E-state index < -0.39 is 0 Å². The van der Waals surface area contributed by atoms with Gasteiger partial charge in [0.15, 0.2) is 0 Å². The summed E-state index contributed by atoms with van der Waals surface area (Å²) in [5.41, 5.74) is 0. The molecule has 0 aliphatic carbocycles. The lowest BCUT2D eigenvalue weighted by Crippen LogP contribution is -2.11. The molecule has 3 nitrogen and oxygen atoms in total. The van der Waals surface area contributed by atoms with Gasteiger partial charge in [-0.3, -0.25) is 4.79 Å². The van der Waals surface area contributed by atoms with Crippen molar-refractivity contribution < 1.29 is 18.7 Å². The summed E-state index contributed by atoms with van der Waals surface area (Å²) in [7, 11) is 0. The third kappa shape index (κ3) is 6.02. The Balaban J connectivity index is 2.14. The first-order chi connectivity index (χ1) is 8.74. The van der Waals surface area contributed by atoms with E-state index in [2.05, 4.69) is 0 Å². The average Bonchev–Trinajstić information content (AvgIpc) is 2.37. The van der Waals surface area contributed by atoms with Crippen LogP contribution in [0.3, 0.4) is 0 Å². The Labute approximate surface area is 111 Å². The van der Waals surface area contributed by atoms with Gasteiger partial charge in [0.05, 0.1) is 13.0 Å². The van der Waals surface area contributed by atoms with E-state index in [1.165, 1.54) is 17.8 Å². The van der Waals surface area contributed by atoms with Gasteiger partial charge in [0.2, 0.25) is 0 Å². The SMILES string of the molecule is CCOCCOC(=O)CCSc1ccccc1F. The van der Waals surface area contributed by atoms with Gasteiger partial charge in [-0.05, 0) is 19.1 Å². The van der Waals surface area contributed by atoms with Gasteiger partial charge in [-0.1, -0.05) is 12.1 Å². The van der Waals surface area contributed by atoms with Crippen LogP contribution < -0.4 is 0 Å². The maximum Gasteiger partial charge on any atom is 0.306 e. The average molecular weight is 272 g/mol. The van der Waals surface area contributed by atoms with Crippen LogP contribution >= 0.6 is 11.8 Å². The summed E-state index contributed by atoms with van der Waals surface area (Å²) < 4.78 is 23.2. The van der Waals surface area contributed by atoms with E-state index >= 15 is 0 Å². The Morgan fingerprint density at radius 3 is 2.83 bits per heavy atom. The van der Waals surface area contributed by atoms with Crippen molar-refractivity contribution in [3.8, 4) is 0 Å². The molecule has 0 aliphatic rings. The van der Waals surface area contributed by atoms with Gasteiger partial charge in [-0.25, -0.2) is 4.39 Å². The molecule has 18 heavy (non-hydrogen) atoms. The molecule has 1 rings (SSSR count). The maximum atomic E-state index is 13.2. The van der Waals surface area contributed by atoms with Crippen molar-refractivity contribution in [2.75, 3.05) is 25.6 Å². The normalized spacial score (nSPS) is 10.3. The van der Waals surface area contributed by atoms with E-state index in [-0.39, 0.29) is 24.8 Å². The number of carbonyl (C=O) groups is 1. The smallest absolute Gasteiger partial charge is 0.306 e. The van der Waals surface area contributed by atoms with Crippen LogP contribution in [0.1, 0.15) is 13.3 Å². The summed E-state index contributed by atoms with van der Waals surface area (Å²) in [4.78, 5) is 11.9. The van der Waals surface area contributed by atoms with Crippen LogP contribution in [0.2, 0.25) is 0 Å². The summed E-state index contributed by atoms with van der Waals surface area (Å²) in [6.45, 7) is 3.19. The number of hydrogen-bond acceptors (Lipinski definition) is 4. The van der Waals surface area contributed by atoms with E-state index in [1.54, 1.807) is 18.2 Å². The first-order valence-corrected chi connectivity index (χ1v) is 6.83. The van der Waals surface area contributed by atoms with E-state index in [4.69, 9.17) is 9.47 Å². The number of benzene rings is 1. The zero-order valence-electron chi connectivity index (χ0n) is 10.4. The highest BCUT2D eigenvalue weighted by molar-refractivity contribution is 7.99. The molecule has 0 atom stereocenters. The van der Waals surface area contributed by atoms with E-state index in [9.17, 15) is 9.18 Å². The predicted octanol–water partition coefficient (Wildman–Crippen LogP) is 2.89. The second-order valence-electron chi connectivity index (χ2n) is 3.45. The molecular formula is C13H17FO3S. The van der Waals surface area contributed by atoms with Gasteiger partial charge in [0.1, 0.15) is 12.4 Å². The number of halogens is 1. The first-order valence-electron chi connectivity index (χ1n) is 5.84. The topological polar surface area (TPSA) is 35.5 Å². The van der Waals surface area contributed by atoms with Gasteiger partial charge in [0.25, 0.3) is 0 Å². The Kier molecular flexibility index (Phi) is 7.44. The molecule has 5 heteroatoms. The largest absolute Gasteiger partial charge is 0.463 e. The first kappa shape index (κ1) is 15.0. The highest BCUT2D eigenvalue weighted by atomic mass is 32.2. The highest BCUT2D eigenvalue weighted by Gasteiger charge is 2.05. The molecule has 0 bridgehead atoms. The van der Waals surface area contributed by atoms with Crippen LogP contribution in [0.5, 0.6) is 0 Å². The van der Waals surface area contributed by atoms with Crippen LogP contribution in [0.25, 0.3) is 0 Å². The van der Waals surface area contributed by atoms with Crippen molar-refractivity contribution >= 4 is 17.7 Å². The van der Waals surface area contributed by atoms with Crippen LogP contribution in [0.4, 0.5) is 4.39 Å². The van der Waals surface area contributed by atoms with Crippen molar-refractivity contribution in [2.24, 2.45) is 0 Å². The van der Waals surface area contributed by atoms with E-state index in [0.717, 1.165) is 0 Å². The monoisotopic (exact) mass is 272 g/mol. The predicted molar refractivity (Wildman–Crippen MR) is 69.2 cm³/mol. The number of ether oxygens (including phenoxy) is 2. The summed E-state index contributed by atoms with van der Waals surface area (Å²) in [6, 6.07) is 6.51. The third-order valence-electron chi connectivity index (χ3n) is 2.10. The number of rotatable bonds is 8. The fraction of sp³-hybridized carbons (Fsp3) is 0.462. The summed E-state index contributed by atoms with van der Waals surface area (Å²) in [5.74, 6) is -0.0280. The highest BCUT2D eigenvalue weighted by Crippen LogP contribution is 2.21. The molecule has 0 radical (unpaired) electrons. The zero-order valence-corrected chi connectivity index (χ0v) is 11.2. The molecule has 0 saturated carbocycles. The second-order valence-corrected chi connectivity index (χ2v) is 4.58.